The number of carbonyl (C=O) groups is 2. The normalized spacial score (nSPS) is 15.2. The molecule has 186 valence electrons. The molecule has 1 fully saturated rings. The third-order valence-corrected chi connectivity index (χ3v) is 8.23. The van der Waals surface area contributed by atoms with E-state index in [4.69, 9.17) is 9.31 Å². The first kappa shape index (κ1) is 28.2. The Morgan fingerprint density at radius 1 is 0.722 bits per heavy atom. The number of hydrogen-bond acceptors (Lipinski definition) is 6. The van der Waals surface area contributed by atoms with Crippen LogP contribution in [0.4, 0.5) is 0 Å². The SMILES string of the molecule is CC1(C)OB(c2cccs2)OC1(C)C.O=Cc1ccc(-c2cccs2)cc1.O=Cc1ccc(Br)cc1. The maximum atomic E-state index is 10.4. The van der Waals surface area contributed by atoms with E-state index in [9.17, 15) is 9.59 Å². The highest BCUT2D eigenvalue weighted by atomic mass is 79.9. The van der Waals surface area contributed by atoms with E-state index in [1.165, 1.54) is 10.4 Å². The van der Waals surface area contributed by atoms with E-state index in [1.54, 1.807) is 34.8 Å². The second-order valence-electron chi connectivity index (χ2n) is 8.99. The lowest BCUT2D eigenvalue weighted by Gasteiger charge is -2.32. The Kier molecular flexibility index (Phi) is 9.99. The van der Waals surface area contributed by atoms with Crippen molar-refractivity contribution >= 4 is 63.1 Å². The van der Waals surface area contributed by atoms with Crippen molar-refractivity contribution < 1.29 is 18.9 Å². The number of halogens is 1. The molecule has 5 rings (SSSR count). The van der Waals surface area contributed by atoms with Crippen LogP contribution in [0.1, 0.15) is 48.4 Å². The zero-order chi connectivity index (χ0) is 26.2. The Morgan fingerprint density at radius 2 is 1.22 bits per heavy atom. The molecule has 0 unspecified atom stereocenters. The molecule has 1 aliphatic rings. The summed E-state index contributed by atoms with van der Waals surface area (Å²) in [5.74, 6) is 0. The van der Waals surface area contributed by atoms with Gasteiger partial charge in [-0.1, -0.05) is 70.5 Å². The molecule has 8 heteroatoms. The van der Waals surface area contributed by atoms with Gasteiger partial charge in [-0.3, -0.25) is 9.59 Å². The standard InChI is InChI=1S/C11H8OS.C10H15BO2S.C7H5BrO/c12-8-9-3-5-10(6-4-9)11-2-1-7-13-11;1-9(2)10(3,4)13-11(12-9)8-6-5-7-14-8;8-7-3-1-6(5-9)2-4-7/h1-8H;5-7H,1-4H3;1-5H. The maximum absolute atomic E-state index is 10.4. The van der Waals surface area contributed by atoms with Crippen LogP contribution in [0.25, 0.3) is 10.4 Å². The quantitative estimate of drug-likeness (QED) is 0.184. The van der Waals surface area contributed by atoms with Crippen LogP contribution in [-0.4, -0.2) is 30.9 Å². The average Bonchev–Trinajstić information content (AvgIpc) is 3.63. The Labute approximate surface area is 229 Å². The second kappa shape index (κ2) is 12.7. The van der Waals surface area contributed by atoms with Crippen LogP contribution < -0.4 is 4.78 Å². The molecule has 0 spiro atoms. The van der Waals surface area contributed by atoms with Crippen LogP contribution in [0, 0.1) is 0 Å². The molecule has 1 saturated heterocycles. The molecule has 1 aliphatic heterocycles. The topological polar surface area (TPSA) is 52.6 Å². The molecule has 2 aromatic heterocycles. The first-order valence-corrected chi connectivity index (χ1v) is 13.9. The Hall–Kier alpha value is -2.36. The first-order chi connectivity index (χ1) is 17.1. The summed E-state index contributed by atoms with van der Waals surface area (Å²) < 4.78 is 13.9. The summed E-state index contributed by atoms with van der Waals surface area (Å²) in [6.45, 7) is 8.28. The van der Waals surface area contributed by atoms with Gasteiger partial charge in [0.1, 0.15) is 12.6 Å². The van der Waals surface area contributed by atoms with Gasteiger partial charge in [0.15, 0.2) is 0 Å². The lowest BCUT2D eigenvalue weighted by atomic mass is 9.88. The summed E-state index contributed by atoms with van der Waals surface area (Å²) in [5.41, 5.74) is 2.13. The third-order valence-electron chi connectivity index (χ3n) is 5.89. The van der Waals surface area contributed by atoms with Crippen LogP contribution >= 0.6 is 38.6 Å². The van der Waals surface area contributed by atoms with Crippen LogP contribution in [0.15, 0.2) is 88.0 Å². The van der Waals surface area contributed by atoms with Crippen molar-refractivity contribution in [3.63, 3.8) is 0 Å². The van der Waals surface area contributed by atoms with Gasteiger partial charge in [-0.05, 0) is 62.2 Å². The second-order valence-corrected chi connectivity index (χ2v) is 11.8. The average molecular weight is 583 g/mol. The van der Waals surface area contributed by atoms with Gasteiger partial charge in [0, 0.05) is 25.3 Å². The number of benzene rings is 2. The molecule has 0 atom stereocenters. The van der Waals surface area contributed by atoms with Crippen molar-refractivity contribution in [3.8, 4) is 10.4 Å². The minimum atomic E-state index is -0.234. The van der Waals surface area contributed by atoms with Gasteiger partial charge in [0.25, 0.3) is 0 Å². The number of carbonyl (C=O) groups excluding carboxylic acids is 2. The summed E-state index contributed by atoms with van der Waals surface area (Å²) in [6, 6.07) is 23.0. The molecule has 36 heavy (non-hydrogen) atoms. The van der Waals surface area contributed by atoms with Gasteiger partial charge < -0.3 is 9.31 Å². The summed E-state index contributed by atoms with van der Waals surface area (Å²) >= 11 is 6.63. The fourth-order valence-electron chi connectivity index (χ4n) is 3.09. The van der Waals surface area contributed by atoms with Gasteiger partial charge in [0.05, 0.1) is 11.2 Å². The van der Waals surface area contributed by atoms with Crippen LogP contribution in [0.2, 0.25) is 0 Å². The fourth-order valence-corrected chi connectivity index (χ4v) is 4.77. The molecule has 0 saturated carbocycles. The van der Waals surface area contributed by atoms with Crippen LogP contribution in [-0.2, 0) is 9.31 Å². The molecule has 3 heterocycles. The highest BCUT2D eigenvalue weighted by Crippen LogP contribution is 2.36. The minimum Gasteiger partial charge on any atom is -0.399 e. The van der Waals surface area contributed by atoms with E-state index in [0.717, 1.165) is 27.4 Å². The van der Waals surface area contributed by atoms with E-state index in [2.05, 4.69) is 49.7 Å². The highest BCUT2D eigenvalue weighted by molar-refractivity contribution is 9.10. The molecule has 0 N–H and O–H groups in total. The molecule has 4 nitrogen and oxygen atoms in total. The fraction of sp³-hybridized carbons (Fsp3) is 0.214. The number of rotatable bonds is 4. The third kappa shape index (κ3) is 7.57. The van der Waals surface area contributed by atoms with Gasteiger partial charge in [-0.25, -0.2) is 0 Å². The molecule has 0 amide bonds. The van der Waals surface area contributed by atoms with E-state index < -0.39 is 0 Å². The molecule has 4 aromatic rings. The molecule has 0 radical (unpaired) electrons. The van der Waals surface area contributed by atoms with Gasteiger partial charge in [-0.15, -0.1) is 11.3 Å². The molecule has 0 aliphatic carbocycles. The predicted octanol–water partition coefficient (Wildman–Crippen LogP) is 7.54. The van der Waals surface area contributed by atoms with Crippen molar-refractivity contribution in [1.82, 2.24) is 0 Å². The van der Waals surface area contributed by atoms with E-state index in [1.807, 2.05) is 65.4 Å². The van der Waals surface area contributed by atoms with Crippen LogP contribution in [0.3, 0.4) is 0 Å². The Bertz CT molecular complexity index is 1200. The number of thiophene rings is 2. The van der Waals surface area contributed by atoms with Crippen molar-refractivity contribution in [3.05, 3.63) is 99.2 Å². The van der Waals surface area contributed by atoms with E-state index in [-0.39, 0.29) is 18.3 Å². The lowest BCUT2D eigenvalue weighted by molar-refractivity contribution is 0.00578. The van der Waals surface area contributed by atoms with E-state index in [0.29, 0.717) is 5.56 Å². The van der Waals surface area contributed by atoms with Crippen molar-refractivity contribution in [1.29, 1.82) is 0 Å². The Morgan fingerprint density at radius 3 is 1.67 bits per heavy atom. The largest absolute Gasteiger partial charge is 0.505 e. The smallest absolute Gasteiger partial charge is 0.399 e. The molecule has 0 bridgehead atoms. The maximum Gasteiger partial charge on any atom is 0.505 e. The summed E-state index contributed by atoms with van der Waals surface area (Å²) in [6.07, 6.45) is 1.69. The number of hydrogen-bond donors (Lipinski definition) is 0. The molecular formula is C28H28BBrO4S2. The summed E-state index contributed by atoms with van der Waals surface area (Å²) in [5, 5.41) is 4.09. The van der Waals surface area contributed by atoms with Gasteiger partial charge >= 0.3 is 7.12 Å². The van der Waals surface area contributed by atoms with Gasteiger partial charge in [-0.2, -0.15) is 11.3 Å². The highest BCUT2D eigenvalue weighted by Gasteiger charge is 2.52. The predicted molar refractivity (Wildman–Crippen MR) is 155 cm³/mol. The molecular weight excluding hydrogens is 555 g/mol. The van der Waals surface area contributed by atoms with E-state index >= 15 is 0 Å². The van der Waals surface area contributed by atoms with Crippen molar-refractivity contribution in [2.75, 3.05) is 0 Å². The zero-order valence-corrected chi connectivity index (χ0v) is 23.9. The number of aldehydes is 2. The first-order valence-electron chi connectivity index (χ1n) is 11.3. The summed E-state index contributed by atoms with van der Waals surface area (Å²) in [4.78, 5) is 21.7. The monoisotopic (exact) mass is 582 g/mol. The minimum absolute atomic E-state index is 0.194. The van der Waals surface area contributed by atoms with Crippen molar-refractivity contribution in [2.45, 2.75) is 38.9 Å². The molecule has 2 aromatic carbocycles. The summed E-state index contributed by atoms with van der Waals surface area (Å²) in [7, 11) is -0.194. The lowest BCUT2D eigenvalue weighted by Crippen LogP contribution is -2.41. The Balaban J connectivity index is 0.000000154. The van der Waals surface area contributed by atoms with Crippen LogP contribution in [0.5, 0.6) is 0 Å². The van der Waals surface area contributed by atoms with Gasteiger partial charge in [0.2, 0.25) is 0 Å². The zero-order valence-electron chi connectivity index (χ0n) is 20.6. The van der Waals surface area contributed by atoms with Crippen molar-refractivity contribution in [2.24, 2.45) is 0 Å².